The minimum absolute atomic E-state index is 0.0849. The number of alkyl halides is 1. The number of carbonyl (C=O) groups is 1. The van der Waals surface area contributed by atoms with Crippen molar-refractivity contribution in [3.8, 4) is 0 Å². The van der Waals surface area contributed by atoms with Crippen molar-refractivity contribution < 1.29 is 19.0 Å². The molecule has 1 aliphatic rings. The van der Waals surface area contributed by atoms with Gasteiger partial charge in [0.25, 0.3) is 0 Å². The molecule has 0 atom stereocenters. The van der Waals surface area contributed by atoms with Gasteiger partial charge < -0.3 is 14.7 Å². The number of hydrogen-bond donors (Lipinski definition) is 1. The number of likely N-dealkylation sites (tertiary alicyclic amines) is 1. The van der Waals surface area contributed by atoms with Crippen molar-refractivity contribution in [1.29, 1.82) is 0 Å². The Kier molecular flexibility index (Phi) is 2.71. The highest BCUT2D eigenvalue weighted by Crippen LogP contribution is 2.26. The molecule has 82 valence electrons. The topological polar surface area (TPSA) is 49.8 Å². The molecule has 0 aromatic rings. The number of halogens is 1. The molecule has 0 aromatic carbocycles. The lowest BCUT2D eigenvalue weighted by atomic mass is 9.98. The third-order valence-electron chi connectivity index (χ3n) is 1.88. The number of amides is 1. The summed E-state index contributed by atoms with van der Waals surface area (Å²) >= 11 is 0. The van der Waals surface area contributed by atoms with E-state index in [2.05, 4.69) is 0 Å². The van der Waals surface area contributed by atoms with Gasteiger partial charge in [-0.1, -0.05) is 0 Å². The molecule has 0 spiro atoms. The van der Waals surface area contributed by atoms with E-state index < -0.39 is 24.0 Å². The maximum absolute atomic E-state index is 13.2. The smallest absolute Gasteiger partial charge is 0.410 e. The molecular weight excluding hydrogens is 189 g/mol. The van der Waals surface area contributed by atoms with Crippen LogP contribution in [0.15, 0.2) is 0 Å². The van der Waals surface area contributed by atoms with Crippen molar-refractivity contribution in [1.82, 2.24) is 4.90 Å². The summed E-state index contributed by atoms with van der Waals surface area (Å²) in [6.45, 7) is 4.53. The molecule has 0 unspecified atom stereocenters. The Balaban J connectivity index is 2.37. The van der Waals surface area contributed by atoms with Gasteiger partial charge in [0.1, 0.15) is 5.60 Å². The van der Waals surface area contributed by atoms with Gasteiger partial charge in [-0.15, -0.1) is 0 Å². The van der Waals surface area contributed by atoms with Crippen LogP contribution in [0.2, 0.25) is 0 Å². The zero-order valence-corrected chi connectivity index (χ0v) is 8.71. The summed E-state index contributed by atoms with van der Waals surface area (Å²) in [5.74, 6) is 0. The molecule has 0 aromatic heterocycles. The van der Waals surface area contributed by atoms with Gasteiger partial charge in [0.05, 0.1) is 19.7 Å². The van der Waals surface area contributed by atoms with Crippen LogP contribution in [0.5, 0.6) is 0 Å². The van der Waals surface area contributed by atoms with Crippen LogP contribution in [-0.2, 0) is 4.74 Å². The van der Waals surface area contributed by atoms with Gasteiger partial charge in [0, 0.05) is 0 Å². The van der Waals surface area contributed by atoms with Crippen LogP contribution in [0, 0.1) is 0 Å². The SMILES string of the molecule is CC(C)(C)OC(=O)N1CC(F)(CO)C1. The number of rotatable bonds is 1. The van der Waals surface area contributed by atoms with Gasteiger partial charge in [-0.2, -0.15) is 0 Å². The molecule has 1 aliphatic heterocycles. The van der Waals surface area contributed by atoms with E-state index in [-0.39, 0.29) is 13.1 Å². The molecule has 0 bridgehead atoms. The molecule has 1 N–H and O–H groups in total. The number of ether oxygens (including phenoxy) is 1. The summed E-state index contributed by atoms with van der Waals surface area (Å²) < 4.78 is 18.2. The number of hydrogen-bond acceptors (Lipinski definition) is 3. The second kappa shape index (κ2) is 3.38. The van der Waals surface area contributed by atoms with Crippen molar-refractivity contribution in [2.24, 2.45) is 0 Å². The first-order valence-electron chi connectivity index (χ1n) is 4.53. The van der Waals surface area contributed by atoms with Gasteiger partial charge in [0.15, 0.2) is 5.67 Å². The molecule has 1 saturated heterocycles. The third kappa shape index (κ3) is 2.57. The van der Waals surface area contributed by atoms with Crippen molar-refractivity contribution >= 4 is 6.09 Å². The van der Waals surface area contributed by atoms with Crippen molar-refractivity contribution in [2.45, 2.75) is 32.0 Å². The fourth-order valence-electron chi connectivity index (χ4n) is 1.19. The lowest BCUT2D eigenvalue weighted by Gasteiger charge is -2.43. The number of aliphatic hydroxyl groups excluding tert-OH is 1. The predicted octanol–water partition coefficient (Wildman–Crippen LogP) is 0.938. The maximum atomic E-state index is 13.2. The number of aliphatic hydroxyl groups is 1. The number of carbonyl (C=O) groups excluding carboxylic acids is 1. The summed E-state index contributed by atoms with van der Waals surface area (Å²) in [5.41, 5.74) is -2.19. The lowest BCUT2D eigenvalue weighted by Crippen LogP contribution is -2.63. The summed E-state index contributed by atoms with van der Waals surface area (Å²) in [6.07, 6.45) is -0.528. The van der Waals surface area contributed by atoms with Gasteiger partial charge in [-0.3, -0.25) is 0 Å². The van der Waals surface area contributed by atoms with Gasteiger partial charge in [-0.25, -0.2) is 9.18 Å². The molecule has 4 nitrogen and oxygen atoms in total. The quantitative estimate of drug-likeness (QED) is 0.693. The average Bonchev–Trinajstić information content (AvgIpc) is 1.95. The van der Waals surface area contributed by atoms with E-state index in [0.29, 0.717) is 0 Å². The fourth-order valence-corrected chi connectivity index (χ4v) is 1.19. The molecule has 14 heavy (non-hydrogen) atoms. The summed E-state index contributed by atoms with van der Waals surface area (Å²) in [5, 5.41) is 8.62. The van der Waals surface area contributed by atoms with Gasteiger partial charge in [-0.05, 0) is 20.8 Å². The van der Waals surface area contributed by atoms with Crippen LogP contribution in [0.1, 0.15) is 20.8 Å². The Labute approximate surface area is 82.6 Å². The van der Waals surface area contributed by atoms with E-state index in [1.807, 2.05) is 0 Å². The summed E-state index contributed by atoms with van der Waals surface area (Å²) in [6, 6.07) is 0. The van der Waals surface area contributed by atoms with Crippen LogP contribution < -0.4 is 0 Å². The Bertz CT molecular complexity index is 231. The maximum Gasteiger partial charge on any atom is 0.410 e. The molecule has 0 radical (unpaired) electrons. The van der Waals surface area contributed by atoms with E-state index in [4.69, 9.17) is 9.84 Å². The normalized spacial score (nSPS) is 20.2. The Morgan fingerprint density at radius 1 is 1.57 bits per heavy atom. The van der Waals surface area contributed by atoms with E-state index >= 15 is 0 Å². The van der Waals surface area contributed by atoms with E-state index in [0.717, 1.165) is 0 Å². The molecule has 1 fully saturated rings. The van der Waals surface area contributed by atoms with E-state index in [1.54, 1.807) is 20.8 Å². The lowest BCUT2D eigenvalue weighted by molar-refractivity contribution is -0.0731. The largest absolute Gasteiger partial charge is 0.444 e. The molecule has 0 saturated carbocycles. The highest BCUT2D eigenvalue weighted by molar-refractivity contribution is 5.69. The molecule has 1 heterocycles. The predicted molar refractivity (Wildman–Crippen MR) is 48.7 cm³/mol. The minimum atomic E-state index is -1.63. The third-order valence-corrected chi connectivity index (χ3v) is 1.88. The molecule has 1 rings (SSSR count). The van der Waals surface area contributed by atoms with Gasteiger partial charge >= 0.3 is 6.09 Å². The Hall–Kier alpha value is -0.840. The highest BCUT2D eigenvalue weighted by atomic mass is 19.1. The summed E-state index contributed by atoms with van der Waals surface area (Å²) in [4.78, 5) is 12.5. The zero-order valence-electron chi connectivity index (χ0n) is 8.71. The van der Waals surface area contributed by atoms with Crippen LogP contribution in [-0.4, -0.2) is 47.1 Å². The molecule has 5 heteroatoms. The van der Waals surface area contributed by atoms with Crippen LogP contribution in [0.3, 0.4) is 0 Å². The first-order valence-corrected chi connectivity index (χ1v) is 4.53. The van der Waals surface area contributed by atoms with Crippen molar-refractivity contribution in [3.63, 3.8) is 0 Å². The Morgan fingerprint density at radius 2 is 2.07 bits per heavy atom. The van der Waals surface area contributed by atoms with Crippen molar-refractivity contribution in [3.05, 3.63) is 0 Å². The van der Waals surface area contributed by atoms with Crippen LogP contribution in [0.4, 0.5) is 9.18 Å². The van der Waals surface area contributed by atoms with Crippen molar-refractivity contribution in [2.75, 3.05) is 19.7 Å². The van der Waals surface area contributed by atoms with E-state index in [9.17, 15) is 9.18 Å². The van der Waals surface area contributed by atoms with Crippen LogP contribution in [0.25, 0.3) is 0 Å². The average molecular weight is 205 g/mol. The monoisotopic (exact) mass is 205 g/mol. The van der Waals surface area contributed by atoms with Crippen LogP contribution >= 0.6 is 0 Å². The number of nitrogens with zero attached hydrogens (tertiary/aromatic N) is 1. The second-order valence-electron chi connectivity index (χ2n) is 4.65. The highest BCUT2D eigenvalue weighted by Gasteiger charge is 2.46. The van der Waals surface area contributed by atoms with E-state index in [1.165, 1.54) is 4.90 Å². The first-order chi connectivity index (χ1) is 6.26. The standard InChI is InChI=1S/C9H16FNO3/c1-8(2,3)14-7(13)11-4-9(10,5-11)6-12/h12H,4-6H2,1-3H3. The van der Waals surface area contributed by atoms with Gasteiger partial charge in [0.2, 0.25) is 0 Å². The summed E-state index contributed by atoms with van der Waals surface area (Å²) in [7, 11) is 0. The molecule has 1 amide bonds. The minimum Gasteiger partial charge on any atom is -0.444 e. The second-order valence-corrected chi connectivity index (χ2v) is 4.65. The Morgan fingerprint density at radius 3 is 2.43 bits per heavy atom. The fraction of sp³-hybridized carbons (Fsp3) is 0.889. The zero-order chi connectivity index (χ0) is 11.0. The molecule has 0 aliphatic carbocycles. The first kappa shape index (κ1) is 11.2. The molecular formula is C9H16FNO3.